The molecule has 2 aliphatic rings. The Morgan fingerprint density at radius 1 is 0.293 bits per heavy atom. The van der Waals surface area contributed by atoms with Crippen molar-refractivity contribution in [3.63, 3.8) is 0 Å². The fourth-order valence-electron chi connectivity index (χ4n) is 12.5. The summed E-state index contributed by atoms with van der Waals surface area (Å²) in [7, 11) is 0. The lowest BCUT2D eigenvalue weighted by atomic mass is 9.70. The second kappa shape index (κ2) is 16.2. The van der Waals surface area contributed by atoms with Gasteiger partial charge in [-0.2, -0.15) is 0 Å². The largest absolute Gasteiger partial charge is 0.456 e. The Hall–Kier alpha value is -9.55. The van der Waals surface area contributed by atoms with E-state index < -0.39 is 0 Å². The molecule has 0 bridgehead atoms. The van der Waals surface area contributed by atoms with Gasteiger partial charge in [0, 0.05) is 47.6 Å². The van der Waals surface area contributed by atoms with E-state index in [0.717, 1.165) is 71.1 Å². The van der Waals surface area contributed by atoms with Crippen LogP contribution in [0.4, 0.5) is 0 Å². The van der Waals surface area contributed by atoms with Crippen LogP contribution in [0.15, 0.2) is 253 Å². The van der Waals surface area contributed by atoms with Gasteiger partial charge in [-0.3, -0.25) is 0 Å². The Balaban J connectivity index is 0.832. The normalized spacial score (nSPS) is 12.9. The number of nitrogens with zero attached hydrogens (tertiary/aromatic N) is 3. The first-order chi connectivity index (χ1) is 37.2. The molecule has 3 aromatic heterocycles. The quantitative estimate of drug-likeness (QED) is 0.167. The Morgan fingerprint density at radius 2 is 0.787 bits per heavy atom. The molecule has 0 fully saturated rings. The summed E-state index contributed by atoms with van der Waals surface area (Å²) >= 11 is 1.78. The number of hydrogen-bond donors (Lipinski definition) is 0. The third kappa shape index (κ3) is 6.26. The second-order valence-corrected chi connectivity index (χ2v) is 20.8. The minimum atomic E-state index is -0.369. The van der Waals surface area contributed by atoms with E-state index in [1.807, 2.05) is 18.2 Å². The summed E-state index contributed by atoms with van der Waals surface area (Å²) in [6.45, 7) is 0. The number of aromatic nitrogens is 3. The molecule has 1 spiro atoms. The molecule has 0 N–H and O–H groups in total. The minimum absolute atomic E-state index is 0.369. The lowest BCUT2D eigenvalue weighted by molar-refractivity contribution is 0.669. The van der Waals surface area contributed by atoms with Gasteiger partial charge in [-0.05, 0) is 126 Å². The zero-order valence-electron chi connectivity index (χ0n) is 40.3. The molecule has 4 nitrogen and oxygen atoms in total. The molecule has 14 aromatic rings. The average molecular weight is 972 g/mol. The zero-order valence-corrected chi connectivity index (χ0v) is 41.1. The molecular formula is C70H41N3OS. The molecule has 0 unspecified atom stereocenters. The molecule has 2 aliphatic carbocycles. The molecule has 11 aromatic carbocycles. The highest BCUT2D eigenvalue weighted by Crippen LogP contribution is 2.63. The molecule has 75 heavy (non-hydrogen) atoms. The van der Waals surface area contributed by atoms with Crippen molar-refractivity contribution >= 4 is 53.4 Å². The van der Waals surface area contributed by atoms with Crippen molar-refractivity contribution in [2.24, 2.45) is 0 Å². The monoisotopic (exact) mass is 971 g/mol. The molecule has 5 heteroatoms. The summed E-state index contributed by atoms with van der Waals surface area (Å²) in [5, 5.41) is 4.39. The van der Waals surface area contributed by atoms with Gasteiger partial charge in [0.25, 0.3) is 0 Å². The van der Waals surface area contributed by atoms with Gasteiger partial charge in [0.1, 0.15) is 11.2 Å². The number of furan rings is 1. The van der Waals surface area contributed by atoms with Gasteiger partial charge in [0.15, 0.2) is 17.5 Å². The number of fused-ring (bicyclic) bond motifs is 16. The van der Waals surface area contributed by atoms with Crippen molar-refractivity contribution in [1.82, 2.24) is 15.0 Å². The van der Waals surface area contributed by atoms with Crippen LogP contribution in [0, 0.1) is 0 Å². The number of rotatable bonds is 6. The Morgan fingerprint density at radius 3 is 1.55 bits per heavy atom. The van der Waals surface area contributed by atoms with E-state index in [2.05, 4.69) is 231 Å². The zero-order chi connectivity index (χ0) is 49.2. The van der Waals surface area contributed by atoms with Crippen LogP contribution >= 0.6 is 11.3 Å². The molecule has 0 aliphatic heterocycles. The molecule has 16 rings (SSSR count). The predicted octanol–water partition coefficient (Wildman–Crippen LogP) is 18.5. The highest BCUT2D eigenvalue weighted by molar-refractivity contribution is 7.26. The molecule has 348 valence electrons. The van der Waals surface area contributed by atoms with E-state index in [0.29, 0.717) is 17.5 Å². The standard InChI is InChI=1S/C70H41N3OS/c1-2-16-42(17-3-1)43-18-13-21-48(39-43)67-71-68(73-69(72-67)55-28-14-26-53-52-25-7-11-33-64(52)75-66(53)55)54-27-15-32-63-65(54)57-41-47(35-37-62(57)74-63)45-20-12-19-44(38-45)46-34-36-61-56(40-46)51-24-6-10-31-60(51)70(61)58-29-8-4-22-49(58)50-23-5-9-30-59(50)70/h1-41H. The number of hydrogen-bond acceptors (Lipinski definition) is 5. The lowest BCUT2D eigenvalue weighted by Crippen LogP contribution is -2.25. The predicted molar refractivity (Wildman–Crippen MR) is 309 cm³/mol. The van der Waals surface area contributed by atoms with Crippen molar-refractivity contribution in [3.05, 3.63) is 271 Å². The van der Waals surface area contributed by atoms with Crippen LogP contribution in [0.5, 0.6) is 0 Å². The lowest BCUT2D eigenvalue weighted by Gasteiger charge is -2.30. The fraction of sp³-hybridized carbons (Fsp3) is 0.0143. The molecule has 0 atom stereocenters. The van der Waals surface area contributed by atoms with Crippen molar-refractivity contribution in [3.8, 4) is 89.8 Å². The maximum absolute atomic E-state index is 6.67. The van der Waals surface area contributed by atoms with Crippen molar-refractivity contribution < 1.29 is 4.42 Å². The minimum Gasteiger partial charge on any atom is -0.456 e. The first-order valence-corrected chi connectivity index (χ1v) is 26.3. The van der Waals surface area contributed by atoms with Crippen LogP contribution in [0.1, 0.15) is 22.3 Å². The average Bonchev–Trinajstić information content (AvgIpc) is 4.41. The summed E-state index contributed by atoms with van der Waals surface area (Å²) in [6.07, 6.45) is 0. The van der Waals surface area contributed by atoms with Crippen LogP contribution < -0.4 is 0 Å². The molecule has 0 radical (unpaired) electrons. The van der Waals surface area contributed by atoms with Crippen LogP contribution in [0.2, 0.25) is 0 Å². The third-order valence-electron chi connectivity index (χ3n) is 15.8. The van der Waals surface area contributed by atoms with E-state index in [9.17, 15) is 0 Å². The Bertz CT molecular complexity index is 4630. The third-order valence-corrected chi connectivity index (χ3v) is 17.0. The maximum atomic E-state index is 6.67. The van der Waals surface area contributed by atoms with Gasteiger partial charge in [0.2, 0.25) is 0 Å². The highest BCUT2D eigenvalue weighted by atomic mass is 32.1. The molecule has 0 saturated heterocycles. The van der Waals surface area contributed by atoms with Crippen LogP contribution in [-0.2, 0) is 5.41 Å². The van der Waals surface area contributed by atoms with Gasteiger partial charge in [0.05, 0.1) is 5.41 Å². The summed E-state index contributed by atoms with van der Waals surface area (Å²) in [5.74, 6) is 1.82. The van der Waals surface area contributed by atoms with Crippen molar-refractivity contribution in [1.29, 1.82) is 0 Å². The van der Waals surface area contributed by atoms with Crippen LogP contribution in [-0.4, -0.2) is 15.0 Å². The SMILES string of the molecule is c1ccc(-c2cccc(-c3nc(-c4cccc5c4sc4ccccc45)nc(-c4cccc5oc6ccc(-c7cccc(-c8ccc9c(c8)-c8ccccc8C98c9ccccc9-c9ccccc98)c7)cc6c45)n3)c2)cc1. The van der Waals surface area contributed by atoms with Gasteiger partial charge < -0.3 is 4.42 Å². The maximum Gasteiger partial charge on any atom is 0.165 e. The first kappa shape index (κ1) is 42.0. The van der Waals surface area contributed by atoms with Gasteiger partial charge in [-0.15, -0.1) is 11.3 Å². The van der Waals surface area contributed by atoms with Gasteiger partial charge >= 0.3 is 0 Å². The molecule has 0 amide bonds. The van der Waals surface area contributed by atoms with E-state index in [4.69, 9.17) is 19.4 Å². The van der Waals surface area contributed by atoms with Crippen molar-refractivity contribution in [2.75, 3.05) is 0 Å². The summed E-state index contributed by atoms with van der Waals surface area (Å²) in [5.41, 5.74) is 21.4. The van der Waals surface area contributed by atoms with E-state index in [1.54, 1.807) is 11.3 Å². The Kier molecular flexibility index (Phi) is 9.09. The second-order valence-electron chi connectivity index (χ2n) is 19.8. The van der Waals surface area contributed by atoms with Crippen LogP contribution in [0.25, 0.3) is 132 Å². The molecule has 0 saturated carbocycles. The highest BCUT2D eigenvalue weighted by Gasteiger charge is 2.51. The van der Waals surface area contributed by atoms with E-state index in [-0.39, 0.29) is 5.41 Å². The van der Waals surface area contributed by atoms with Gasteiger partial charge in [-0.25, -0.2) is 15.0 Å². The summed E-state index contributed by atoms with van der Waals surface area (Å²) in [4.78, 5) is 16.0. The fourth-order valence-corrected chi connectivity index (χ4v) is 13.7. The smallest absolute Gasteiger partial charge is 0.165 e. The topological polar surface area (TPSA) is 51.8 Å². The Labute approximate surface area is 436 Å². The molecular weight excluding hydrogens is 931 g/mol. The first-order valence-electron chi connectivity index (χ1n) is 25.5. The number of thiophene rings is 1. The van der Waals surface area contributed by atoms with Gasteiger partial charge in [-0.1, -0.05) is 200 Å². The number of benzene rings is 11. The molecule has 3 heterocycles. The van der Waals surface area contributed by atoms with E-state index >= 15 is 0 Å². The van der Waals surface area contributed by atoms with Crippen LogP contribution in [0.3, 0.4) is 0 Å². The van der Waals surface area contributed by atoms with Crippen molar-refractivity contribution in [2.45, 2.75) is 5.41 Å². The van der Waals surface area contributed by atoms with E-state index in [1.165, 1.54) is 65.5 Å². The summed E-state index contributed by atoms with van der Waals surface area (Å²) in [6, 6.07) is 89.8. The summed E-state index contributed by atoms with van der Waals surface area (Å²) < 4.78 is 9.05.